The fraction of sp³-hybridized carbons (Fsp3) is 0.360. The lowest BCUT2D eigenvalue weighted by Gasteiger charge is -2.15. The van der Waals surface area contributed by atoms with Crippen LogP contribution in [0.2, 0.25) is 0 Å². The predicted molar refractivity (Wildman–Crippen MR) is 130 cm³/mol. The van der Waals surface area contributed by atoms with E-state index in [1.807, 2.05) is 55.7 Å². The van der Waals surface area contributed by atoms with Crippen LogP contribution in [0, 0.1) is 6.92 Å². The van der Waals surface area contributed by atoms with Gasteiger partial charge in [-0.15, -0.1) is 0 Å². The van der Waals surface area contributed by atoms with Crippen molar-refractivity contribution in [1.82, 2.24) is 23.7 Å². The summed E-state index contributed by atoms with van der Waals surface area (Å²) in [5.74, 6) is 0.869. The summed E-state index contributed by atoms with van der Waals surface area (Å²) in [6.45, 7) is 6.15. The highest BCUT2D eigenvalue weighted by atomic mass is 16.5. The molecule has 34 heavy (non-hydrogen) atoms. The summed E-state index contributed by atoms with van der Waals surface area (Å²) in [5, 5.41) is 9.32. The number of aromatic nitrogens is 5. The van der Waals surface area contributed by atoms with E-state index in [4.69, 9.17) is 9.72 Å². The summed E-state index contributed by atoms with van der Waals surface area (Å²) in [5.41, 5.74) is 2.51. The van der Waals surface area contributed by atoms with E-state index in [9.17, 15) is 14.7 Å². The maximum Gasteiger partial charge on any atom is 0.332 e. The smallest absolute Gasteiger partial charge is 0.332 e. The molecule has 0 amide bonds. The second-order valence-electron chi connectivity index (χ2n) is 8.52. The van der Waals surface area contributed by atoms with Crippen molar-refractivity contribution in [2.45, 2.75) is 46.3 Å². The zero-order chi connectivity index (χ0) is 24.4. The van der Waals surface area contributed by atoms with Gasteiger partial charge in [0.2, 0.25) is 5.88 Å². The molecule has 0 saturated carbocycles. The number of pyridine rings is 1. The lowest BCUT2D eigenvalue weighted by molar-refractivity contribution is 0.277. The molecule has 1 N–H and O–H groups in total. The van der Waals surface area contributed by atoms with Crippen molar-refractivity contribution < 1.29 is 9.84 Å². The van der Waals surface area contributed by atoms with E-state index in [1.54, 1.807) is 12.3 Å². The van der Waals surface area contributed by atoms with Crippen molar-refractivity contribution in [3.63, 3.8) is 0 Å². The van der Waals surface area contributed by atoms with E-state index < -0.39 is 11.2 Å². The fourth-order valence-electron chi connectivity index (χ4n) is 4.11. The van der Waals surface area contributed by atoms with Crippen LogP contribution in [0.5, 0.6) is 5.88 Å². The third-order valence-corrected chi connectivity index (χ3v) is 5.79. The number of aliphatic hydroxyl groups excluding tert-OH is 1. The topological polar surface area (TPSA) is 104 Å². The molecule has 0 atom stereocenters. The number of hydrogen-bond acceptors (Lipinski definition) is 6. The van der Waals surface area contributed by atoms with Crippen LogP contribution in [0.15, 0.2) is 52.2 Å². The first-order chi connectivity index (χ1) is 16.4. The Morgan fingerprint density at radius 3 is 2.47 bits per heavy atom. The number of rotatable bonds is 8. The molecule has 4 aromatic rings. The monoisotopic (exact) mass is 463 g/mol. The standard InChI is InChI=1S/C25H29N5O4/c1-16(2)30-22-20(24(32)28(25(30)33)13-6-14-31)29(15-18-10-8-17(3)9-11-18)21(27-22)19-7-5-12-26-23(19)34-4/h5,7-12,16,31H,6,13-15H2,1-4H3. The number of fused-ring (bicyclic) bond motifs is 1. The fourth-order valence-corrected chi connectivity index (χ4v) is 4.11. The quantitative estimate of drug-likeness (QED) is 0.431. The van der Waals surface area contributed by atoms with Crippen LogP contribution >= 0.6 is 0 Å². The molecule has 0 aliphatic rings. The van der Waals surface area contributed by atoms with Crippen molar-refractivity contribution in [3.8, 4) is 17.3 Å². The van der Waals surface area contributed by atoms with Gasteiger partial charge >= 0.3 is 5.69 Å². The lowest BCUT2D eigenvalue weighted by Crippen LogP contribution is -2.41. The molecular weight excluding hydrogens is 434 g/mol. The van der Waals surface area contributed by atoms with Crippen LogP contribution in [0.25, 0.3) is 22.6 Å². The van der Waals surface area contributed by atoms with Gasteiger partial charge in [0, 0.05) is 31.9 Å². The van der Waals surface area contributed by atoms with Crippen LogP contribution in [0.4, 0.5) is 0 Å². The number of methoxy groups -OCH3 is 1. The molecule has 9 nitrogen and oxygen atoms in total. The Morgan fingerprint density at radius 1 is 1.09 bits per heavy atom. The van der Waals surface area contributed by atoms with Crippen LogP contribution in [0.3, 0.4) is 0 Å². The summed E-state index contributed by atoms with van der Waals surface area (Å²) in [7, 11) is 1.53. The maximum atomic E-state index is 13.7. The SMILES string of the molecule is COc1ncccc1-c1nc2c(c(=O)n(CCCO)c(=O)n2C(C)C)n1Cc1ccc(C)cc1. The highest BCUT2D eigenvalue weighted by Crippen LogP contribution is 2.30. The van der Waals surface area contributed by atoms with Gasteiger partial charge < -0.3 is 14.4 Å². The van der Waals surface area contributed by atoms with Gasteiger partial charge in [0.1, 0.15) is 5.82 Å². The molecule has 3 heterocycles. The molecule has 0 radical (unpaired) electrons. The van der Waals surface area contributed by atoms with Crippen LogP contribution in [-0.2, 0) is 13.1 Å². The Hall–Kier alpha value is -3.72. The van der Waals surface area contributed by atoms with Gasteiger partial charge in [0.15, 0.2) is 11.2 Å². The summed E-state index contributed by atoms with van der Waals surface area (Å²) in [6, 6.07) is 11.4. The summed E-state index contributed by atoms with van der Waals surface area (Å²) >= 11 is 0. The zero-order valence-electron chi connectivity index (χ0n) is 19.9. The zero-order valence-corrected chi connectivity index (χ0v) is 19.9. The number of nitrogens with zero attached hydrogens (tertiary/aromatic N) is 5. The average molecular weight is 464 g/mol. The van der Waals surface area contributed by atoms with Crippen molar-refractivity contribution in [2.75, 3.05) is 13.7 Å². The first-order valence-electron chi connectivity index (χ1n) is 11.3. The van der Waals surface area contributed by atoms with Gasteiger partial charge in [-0.2, -0.15) is 0 Å². The van der Waals surface area contributed by atoms with Crippen molar-refractivity contribution in [3.05, 3.63) is 74.6 Å². The number of benzene rings is 1. The Kier molecular flexibility index (Phi) is 6.65. The Balaban J connectivity index is 2.10. The third kappa shape index (κ3) is 4.14. The first-order valence-corrected chi connectivity index (χ1v) is 11.3. The average Bonchev–Trinajstić information content (AvgIpc) is 3.18. The second-order valence-corrected chi connectivity index (χ2v) is 8.52. The summed E-state index contributed by atoms with van der Waals surface area (Å²) in [6.07, 6.45) is 1.93. The molecule has 0 bridgehead atoms. The number of aliphatic hydroxyl groups is 1. The minimum atomic E-state index is -0.439. The van der Waals surface area contributed by atoms with Gasteiger partial charge in [-0.25, -0.2) is 14.8 Å². The van der Waals surface area contributed by atoms with E-state index in [2.05, 4.69) is 4.98 Å². The maximum absolute atomic E-state index is 13.7. The number of imidazole rings is 1. The van der Waals surface area contributed by atoms with E-state index in [1.165, 1.54) is 16.2 Å². The van der Waals surface area contributed by atoms with Crippen molar-refractivity contribution in [2.24, 2.45) is 0 Å². The van der Waals surface area contributed by atoms with Crippen molar-refractivity contribution in [1.29, 1.82) is 0 Å². The molecule has 178 valence electrons. The molecule has 0 spiro atoms. The lowest BCUT2D eigenvalue weighted by atomic mass is 10.1. The normalized spacial score (nSPS) is 11.5. The van der Waals surface area contributed by atoms with Gasteiger partial charge in [-0.1, -0.05) is 29.8 Å². The van der Waals surface area contributed by atoms with Gasteiger partial charge in [0.05, 0.1) is 12.7 Å². The van der Waals surface area contributed by atoms with Crippen molar-refractivity contribution >= 4 is 11.2 Å². The van der Waals surface area contributed by atoms with E-state index in [-0.39, 0.29) is 19.2 Å². The van der Waals surface area contributed by atoms with Gasteiger partial charge in [0.25, 0.3) is 5.56 Å². The number of ether oxygens (including phenoxy) is 1. The summed E-state index contributed by atoms with van der Waals surface area (Å²) < 4.78 is 10.0. The summed E-state index contributed by atoms with van der Waals surface area (Å²) in [4.78, 5) is 36.1. The molecule has 0 saturated heterocycles. The van der Waals surface area contributed by atoms with E-state index in [0.717, 1.165) is 11.1 Å². The van der Waals surface area contributed by atoms with Crippen LogP contribution in [-0.4, -0.2) is 42.5 Å². The van der Waals surface area contributed by atoms with Gasteiger partial charge in [-0.3, -0.25) is 13.9 Å². The molecule has 4 rings (SSSR count). The highest BCUT2D eigenvalue weighted by molar-refractivity contribution is 5.78. The molecule has 0 aliphatic carbocycles. The van der Waals surface area contributed by atoms with Gasteiger partial charge in [-0.05, 0) is 44.9 Å². The number of aryl methyl sites for hydroxylation is 1. The number of hydrogen-bond donors (Lipinski definition) is 1. The minimum absolute atomic E-state index is 0.119. The van der Waals surface area contributed by atoms with Crippen LogP contribution < -0.4 is 16.0 Å². The first kappa shape index (κ1) is 23.4. The molecular formula is C25H29N5O4. The molecule has 0 aliphatic heterocycles. The second kappa shape index (κ2) is 9.64. The van der Waals surface area contributed by atoms with E-state index >= 15 is 0 Å². The largest absolute Gasteiger partial charge is 0.480 e. The van der Waals surface area contributed by atoms with E-state index in [0.29, 0.717) is 41.4 Å². The Labute approximate surface area is 196 Å². The predicted octanol–water partition coefficient (Wildman–Crippen LogP) is 2.75. The molecule has 1 aromatic carbocycles. The molecule has 9 heteroatoms. The third-order valence-electron chi connectivity index (χ3n) is 5.79. The molecule has 0 fully saturated rings. The highest BCUT2D eigenvalue weighted by Gasteiger charge is 2.25. The minimum Gasteiger partial charge on any atom is -0.480 e. The Bertz CT molecular complexity index is 1430. The molecule has 0 unspecified atom stereocenters. The molecule has 3 aromatic heterocycles. The Morgan fingerprint density at radius 2 is 1.82 bits per heavy atom. The van der Waals surface area contributed by atoms with Crippen LogP contribution in [0.1, 0.15) is 37.4 Å².